The van der Waals surface area contributed by atoms with Crippen LogP contribution < -0.4 is 5.32 Å². The highest BCUT2D eigenvalue weighted by Gasteiger charge is 2.03. The summed E-state index contributed by atoms with van der Waals surface area (Å²) in [4.78, 5) is 0. The van der Waals surface area contributed by atoms with Crippen LogP contribution >= 0.6 is 0 Å². The van der Waals surface area contributed by atoms with Gasteiger partial charge in [-0.3, -0.25) is 0 Å². The highest BCUT2D eigenvalue weighted by Crippen LogP contribution is 2.04. The van der Waals surface area contributed by atoms with Crippen LogP contribution in [0.4, 0.5) is 0 Å². The Morgan fingerprint density at radius 2 is 1.70 bits per heavy atom. The third-order valence-electron chi connectivity index (χ3n) is 3.31. The summed E-state index contributed by atoms with van der Waals surface area (Å²) in [5.74, 6) is 0. The van der Waals surface area contributed by atoms with Gasteiger partial charge >= 0.3 is 0 Å². The molecular formula is C16H35NO3. The predicted octanol–water partition coefficient (Wildman–Crippen LogP) is 2.48. The van der Waals surface area contributed by atoms with Crippen LogP contribution in [0.15, 0.2) is 0 Å². The highest BCUT2D eigenvalue weighted by molar-refractivity contribution is 4.59. The van der Waals surface area contributed by atoms with Crippen LogP contribution in [0.1, 0.15) is 65.2 Å². The minimum absolute atomic E-state index is 0.234. The largest absolute Gasteiger partial charge is 0.393 e. The van der Waals surface area contributed by atoms with Crippen molar-refractivity contribution in [1.82, 2.24) is 5.32 Å². The van der Waals surface area contributed by atoms with Gasteiger partial charge in [-0.2, -0.15) is 0 Å². The highest BCUT2D eigenvalue weighted by atomic mass is 16.5. The first-order valence-corrected chi connectivity index (χ1v) is 8.31. The molecule has 0 saturated heterocycles. The fourth-order valence-electron chi connectivity index (χ4n) is 2.05. The second kappa shape index (κ2) is 15.2. The minimum Gasteiger partial charge on any atom is -0.393 e. The fourth-order valence-corrected chi connectivity index (χ4v) is 2.05. The van der Waals surface area contributed by atoms with E-state index in [1.165, 1.54) is 32.1 Å². The number of hydrogen-bond acceptors (Lipinski definition) is 4. The van der Waals surface area contributed by atoms with Gasteiger partial charge in [0.25, 0.3) is 0 Å². The minimum atomic E-state index is -0.429. The summed E-state index contributed by atoms with van der Waals surface area (Å²) in [6, 6.07) is 0. The molecule has 0 aromatic carbocycles. The number of aliphatic hydroxyl groups excluding tert-OH is 2. The molecule has 0 aromatic rings. The molecular weight excluding hydrogens is 254 g/mol. The first-order chi connectivity index (χ1) is 9.66. The van der Waals surface area contributed by atoms with Crippen molar-refractivity contribution in [3.8, 4) is 0 Å². The van der Waals surface area contributed by atoms with Crippen LogP contribution in [0.25, 0.3) is 0 Å². The van der Waals surface area contributed by atoms with Crippen molar-refractivity contribution < 1.29 is 14.9 Å². The molecule has 2 unspecified atom stereocenters. The summed E-state index contributed by atoms with van der Waals surface area (Å²) >= 11 is 0. The van der Waals surface area contributed by atoms with Gasteiger partial charge in [0.2, 0.25) is 0 Å². The van der Waals surface area contributed by atoms with Crippen LogP contribution in [0, 0.1) is 0 Å². The zero-order valence-corrected chi connectivity index (χ0v) is 13.4. The van der Waals surface area contributed by atoms with Gasteiger partial charge in [-0.15, -0.1) is 0 Å². The van der Waals surface area contributed by atoms with Crippen molar-refractivity contribution in [1.29, 1.82) is 0 Å². The zero-order chi connectivity index (χ0) is 15.1. The number of ether oxygens (including phenoxy) is 1. The standard InChI is InChI=1S/C16H35NO3/c1-3-4-5-6-7-8-12-20-14-16(19)13-17-11-9-10-15(2)18/h15-19H,3-14H2,1-2H3. The van der Waals surface area contributed by atoms with Gasteiger partial charge in [0.15, 0.2) is 0 Å². The smallest absolute Gasteiger partial charge is 0.0897 e. The van der Waals surface area contributed by atoms with Crippen molar-refractivity contribution in [2.24, 2.45) is 0 Å². The normalized spacial score (nSPS) is 14.4. The lowest BCUT2D eigenvalue weighted by Crippen LogP contribution is -2.31. The lowest BCUT2D eigenvalue weighted by atomic mass is 10.1. The summed E-state index contributed by atoms with van der Waals surface area (Å²) in [6.45, 7) is 6.59. The Morgan fingerprint density at radius 1 is 1.00 bits per heavy atom. The van der Waals surface area contributed by atoms with Crippen LogP contribution in [0.5, 0.6) is 0 Å². The summed E-state index contributed by atoms with van der Waals surface area (Å²) in [7, 11) is 0. The molecule has 0 aliphatic rings. The molecule has 0 aliphatic heterocycles. The van der Waals surface area contributed by atoms with E-state index < -0.39 is 6.10 Å². The summed E-state index contributed by atoms with van der Waals surface area (Å²) in [6.07, 6.45) is 8.64. The van der Waals surface area contributed by atoms with Crippen LogP contribution in [-0.4, -0.2) is 48.7 Å². The second-order valence-corrected chi connectivity index (χ2v) is 5.69. The SMILES string of the molecule is CCCCCCCCOCC(O)CNCCCC(C)O. The lowest BCUT2D eigenvalue weighted by Gasteiger charge is -2.12. The van der Waals surface area contributed by atoms with E-state index in [1.807, 2.05) is 0 Å². The van der Waals surface area contributed by atoms with Crippen molar-refractivity contribution in [2.75, 3.05) is 26.3 Å². The molecule has 0 bridgehead atoms. The molecule has 0 radical (unpaired) electrons. The summed E-state index contributed by atoms with van der Waals surface area (Å²) in [5, 5.41) is 22.0. The predicted molar refractivity (Wildman–Crippen MR) is 84.0 cm³/mol. The quantitative estimate of drug-likeness (QED) is 0.405. The Labute approximate surface area is 124 Å². The van der Waals surface area contributed by atoms with Crippen LogP contribution in [0.2, 0.25) is 0 Å². The van der Waals surface area contributed by atoms with E-state index in [-0.39, 0.29) is 6.10 Å². The average molecular weight is 289 g/mol. The van der Waals surface area contributed by atoms with Crippen molar-refractivity contribution in [3.63, 3.8) is 0 Å². The van der Waals surface area contributed by atoms with E-state index in [1.54, 1.807) is 6.92 Å². The number of hydrogen-bond donors (Lipinski definition) is 3. The molecule has 2 atom stereocenters. The number of rotatable bonds is 15. The Morgan fingerprint density at radius 3 is 2.40 bits per heavy atom. The molecule has 0 amide bonds. The van der Waals surface area contributed by atoms with E-state index in [2.05, 4.69) is 12.2 Å². The second-order valence-electron chi connectivity index (χ2n) is 5.69. The molecule has 0 rings (SSSR count). The topological polar surface area (TPSA) is 61.7 Å². The van der Waals surface area contributed by atoms with Crippen molar-refractivity contribution >= 4 is 0 Å². The Kier molecular flexibility index (Phi) is 15.1. The van der Waals surface area contributed by atoms with Crippen molar-refractivity contribution in [3.05, 3.63) is 0 Å². The van der Waals surface area contributed by atoms with Crippen LogP contribution in [-0.2, 0) is 4.74 Å². The Balaban J connectivity index is 3.14. The molecule has 122 valence electrons. The maximum Gasteiger partial charge on any atom is 0.0897 e. The van der Waals surface area contributed by atoms with E-state index >= 15 is 0 Å². The molecule has 4 nitrogen and oxygen atoms in total. The number of aliphatic hydroxyl groups is 2. The van der Waals surface area contributed by atoms with Gasteiger partial charge in [0, 0.05) is 13.2 Å². The molecule has 0 spiro atoms. The zero-order valence-electron chi connectivity index (χ0n) is 13.4. The molecule has 4 heteroatoms. The average Bonchev–Trinajstić information content (AvgIpc) is 2.41. The lowest BCUT2D eigenvalue weighted by molar-refractivity contribution is 0.0354. The monoisotopic (exact) mass is 289 g/mol. The summed E-state index contributed by atoms with van der Waals surface area (Å²) in [5.41, 5.74) is 0. The van der Waals surface area contributed by atoms with E-state index in [0.29, 0.717) is 13.2 Å². The molecule has 20 heavy (non-hydrogen) atoms. The van der Waals surface area contributed by atoms with Crippen LogP contribution in [0.3, 0.4) is 0 Å². The Hall–Kier alpha value is -0.160. The molecule has 0 aromatic heterocycles. The third-order valence-corrected chi connectivity index (χ3v) is 3.31. The van der Waals surface area contributed by atoms with Gasteiger partial charge in [-0.25, -0.2) is 0 Å². The Bertz CT molecular complexity index is 189. The molecule has 0 aliphatic carbocycles. The van der Waals surface area contributed by atoms with E-state index in [4.69, 9.17) is 9.84 Å². The fraction of sp³-hybridized carbons (Fsp3) is 1.00. The molecule has 0 fully saturated rings. The van der Waals surface area contributed by atoms with Gasteiger partial charge in [0.05, 0.1) is 18.8 Å². The third kappa shape index (κ3) is 15.9. The van der Waals surface area contributed by atoms with E-state index in [0.717, 1.165) is 32.4 Å². The maximum absolute atomic E-state index is 9.69. The molecule has 3 N–H and O–H groups in total. The van der Waals surface area contributed by atoms with E-state index in [9.17, 15) is 5.11 Å². The number of nitrogens with one attached hydrogen (secondary N) is 1. The number of unbranched alkanes of at least 4 members (excludes halogenated alkanes) is 5. The molecule has 0 heterocycles. The first-order valence-electron chi connectivity index (χ1n) is 8.31. The van der Waals surface area contributed by atoms with Crippen molar-refractivity contribution in [2.45, 2.75) is 77.4 Å². The first kappa shape index (κ1) is 19.8. The summed E-state index contributed by atoms with van der Waals surface area (Å²) < 4.78 is 5.47. The van der Waals surface area contributed by atoms with Gasteiger partial charge < -0.3 is 20.3 Å². The van der Waals surface area contributed by atoms with Gasteiger partial charge in [-0.05, 0) is 32.7 Å². The van der Waals surface area contributed by atoms with Gasteiger partial charge in [0.1, 0.15) is 0 Å². The molecule has 0 saturated carbocycles. The van der Waals surface area contributed by atoms with Gasteiger partial charge in [-0.1, -0.05) is 39.0 Å². The maximum atomic E-state index is 9.69.